The monoisotopic (exact) mass is 611 g/mol. The van der Waals surface area contributed by atoms with E-state index in [1.165, 1.54) is 17.5 Å². The first-order valence-electron chi connectivity index (χ1n) is 13.9. The van der Waals surface area contributed by atoms with Crippen LogP contribution in [0.25, 0.3) is 0 Å². The van der Waals surface area contributed by atoms with Gasteiger partial charge in [-0.1, -0.05) is 18.2 Å². The lowest BCUT2D eigenvalue weighted by Crippen LogP contribution is -2.40. The van der Waals surface area contributed by atoms with Gasteiger partial charge in [0.05, 0.1) is 50.7 Å². The van der Waals surface area contributed by atoms with Gasteiger partial charge in [-0.05, 0) is 66.4 Å². The fourth-order valence-electron chi connectivity index (χ4n) is 4.75. The van der Waals surface area contributed by atoms with Crippen LogP contribution in [0.5, 0.6) is 17.2 Å². The molecule has 0 unspecified atom stereocenters. The maximum absolute atomic E-state index is 13.1. The lowest BCUT2D eigenvalue weighted by Gasteiger charge is -2.26. The Kier molecular flexibility index (Phi) is 11.0. The molecular formula is C31H37N3O8S. The standard InChI is InChI=1S/C31H37N3O8S/c1-39-27-12-10-24(43(37,38)34-16-18-42-19-17-34)21-23(27)9-13-30(35)33-26-7-5-4-6-25(26)31(36)32-15-14-22-8-11-28(40-2)29(20-22)41-3/h4-8,10-12,20-21H,9,13-19H2,1-3H3,(H,32,36)(H,33,35). The Labute approximate surface area is 252 Å². The third-order valence-electron chi connectivity index (χ3n) is 7.07. The van der Waals surface area contributed by atoms with Crippen LogP contribution >= 0.6 is 0 Å². The maximum atomic E-state index is 13.1. The number of ether oxygens (including phenoxy) is 4. The number of sulfonamides is 1. The van der Waals surface area contributed by atoms with Gasteiger partial charge in [0.15, 0.2) is 11.5 Å². The smallest absolute Gasteiger partial charge is 0.253 e. The van der Waals surface area contributed by atoms with Crippen LogP contribution in [0.4, 0.5) is 5.69 Å². The molecule has 0 bridgehead atoms. The molecule has 0 aliphatic carbocycles. The summed E-state index contributed by atoms with van der Waals surface area (Å²) in [6, 6.07) is 17.0. The average molecular weight is 612 g/mol. The fraction of sp³-hybridized carbons (Fsp3) is 0.355. The molecule has 230 valence electrons. The highest BCUT2D eigenvalue weighted by molar-refractivity contribution is 7.89. The van der Waals surface area contributed by atoms with Gasteiger partial charge < -0.3 is 29.6 Å². The summed E-state index contributed by atoms with van der Waals surface area (Å²) in [6.07, 6.45) is 0.858. The summed E-state index contributed by atoms with van der Waals surface area (Å²) in [5.41, 5.74) is 2.27. The Hall–Kier alpha value is -4.13. The summed E-state index contributed by atoms with van der Waals surface area (Å²) in [4.78, 5) is 26.1. The van der Waals surface area contributed by atoms with Gasteiger partial charge in [0.2, 0.25) is 15.9 Å². The van der Waals surface area contributed by atoms with Gasteiger partial charge in [-0.25, -0.2) is 8.42 Å². The van der Waals surface area contributed by atoms with E-state index in [9.17, 15) is 18.0 Å². The number of methoxy groups -OCH3 is 3. The third kappa shape index (κ3) is 8.04. The van der Waals surface area contributed by atoms with E-state index in [-0.39, 0.29) is 42.6 Å². The Morgan fingerprint density at radius 2 is 1.56 bits per heavy atom. The molecule has 1 aliphatic heterocycles. The van der Waals surface area contributed by atoms with Crippen LogP contribution < -0.4 is 24.8 Å². The minimum Gasteiger partial charge on any atom is -0.496 e. The van der Waals surface area contributed by atoms with Gasteiger partial charge in [-0.2, -0.15) is 4.31 Å². The number of nitrogens with zero attached hydrogens (tertiary/aromatic N) is 1. The largest absolute Gasteiger partial charge is 0.496 e. The number of nitrogens with one attached hydrogen (secondary N) is 2. The highest BCUT2D eigenvalue weighted by Crippen LogP contribution is 2.28. The van der Waals surface area contributed by atoms with E-state index < -0.39 is 10.0 Å². The molecule has 0 saturated carbocycles. The second-order valence-electron chi connectivity index (χ2n) is 9.78. The number of carbonyl (C=O) groups is 2. The van der Waals surface area contributed by atoms with E-state index in [2.05, 4.69) is 10.6 Å². The minimum absolute atomic E-state index is 0.0483. The van der Waals surface area contributed by atoms with Gasteiger partial charge in [0, 0.05) is 26.1 Å². The van der Waals surface area contributed by atoms with E-state index in [1.54, 1.807) is 50.6 Å². The summed E-state index contributed by atoms with van der Waals surface area (Å²) in [5, 5.41) is 5.72. The second kappa shape index (κ2) is 14.9. The molecule has 43 heavy (non-hydrogen) atoms. The van der Waals surface area contributed by atoms with Crippen LogP contribution in [0.2, 0.25) is 0 Å². The highest BCUT2D eigenvalue weighted by atomic mass is 32.2. The number of anilines is 1. The van der Waals surface area contributed by atoms with E-state index in [0.717, 1.165) is 5.56 Å². The predicted molar refractivity (Wildman–Crippen MR) is 162 cm³/mol. The average Bonchev–Trinajstić information content (AvgIpc) is 3.04. The Morgan fingerprint density at radius 3 is 2.28 bits per heavy atom. The molecule has 0 radical (unpaired) electrons. The second-order valence-corrected chi connectivity index (χ2v) is 11.7. The molecule has 3 aromatic rings. The van der Waals surface area contributed by atoms with Crippen LogP contribution in [0.1, 0.15) is 27.9 Å². The molecule has 12 heteroatoms. The van der Waals surface area contributed by atoms with Gasteiger partial charge in [0.1, 0.15) is 5.75 Å². The number of benzene rings is 3. The van der Waals surface area contributed by atoms with Crippen molar-refractivity contribution in [2.24, 2.45) is 0 Å². The van der Waals surface area contributed by atoms with Crippen molar-refractivity contribution in [1.82, 2.24) is 9.62 Å². The van der Waals surface area contributed by atoms with Crippen LogP contribution in [0.15, 0.2) is 65.6 Å². The summed E-state index contributed by atoms with van der Waals surface area (Å²) < 4.78 is 49.0. The molecule has 11 nitrogen and oxygen atoms in total. The van der Waals surface area contributed by atoms with E-state index in [1.807, 2.05) is 18.2 Å². The van der Waals surface area contributed by atoms with Crippen LogP contribution in [0, 0.1) is 0 Å². The summed E-state index contributed by atoms with van der Waals surface area (Å²) in [6.45, 7) is 1.64. The number of para-hydroxylation sites is 1. The van der Waals surface area contributed by atoms with Crippen molar-refractivity contribution >= 4 is 27.5 Å². The summed E-state index contributed by atoms with van der Waals surface area (Å²) >= 11 is 0. The number of hydrogen-bond donors (Lipinski definition) is 2. The molecule has 3 aromatic carbocycles. The van der Waals surface area contributed by atoms with Crippen molar-refractivity contribution in [3.63, 3.8) is 0 Å². The number of aryl methyl sites for hydroxylation is 1. The molecule has 4 rings (SSSR count). The maximum Gasteiger partial charge on any atom is 0.253 e. The molecule has 1 aliphatic rings. The SMILES string of the molecule is COc1ccc(S(=O)(=O)N2CCOCC2)cc1CCC(=O)Nc1ccccc1C(=O)NCCc1ccc(OC)c(OC)c1. The summed E-state index contributed by atoms with van der Waals surface area (Å²) in [5.74, 6) is 1.09. The lowest BCUT2D eigenvalue weighted by molar-refractivity contribution is -0.116. The highest BCUT2D eigenvalue weighted by Gasteiger charge is 2.27. The van der Waals surface area contributed by atoms with Crippen molar-refractivity contribution in [3.8, 4) is 17.2 Å². The zero-order valence-electron chi connectivity index (χ0n) is 24.6. The normalized spacial score (nSPS) is 13.7. The first kappa shape index (κ1) is 31.8. The number of amides is 2. The van der Waals surface area contributed by atoms with Crippen LogP contribution in [0.3, 0.4) is 0 Å². The van der Waals surface area contributed by atoms with Gasteiger partial charge in [-0.3, -0.25) is 9.59 Å². The first-order chi connectivity index (χ1) is 20.8. The van der Waals surface area contributed by atoms with Gasteiger partial charge in [-0.15, -0.1) is 0 Å². The molecule has 1 fully saturated rings. The van der Waals surface area contributed by atoms with Crippen LogP contribution in [-0.2, 0) is 32.4 Å². The molecule has 2 N–H and O–H groups in total. The zero-order valence-corrected chi connectivity index (χ0v) is 25.4. The quantitative estimate of drug-likeness (QED) is 0.301. The minimum atomic E-state index is -3.70. The van der Waals surface area contributed by atoms with Crippen molar-refractivity contribution < 1.29 is 37.0 Å². The van der Waals surface area contributed by atoms with Crippen molar-refractivity contribution in [3.05, 3.63) is 77.4 Å². The number of rotatable bonds is 13. The molecule has 1 heterocycles. The topological polar surface area (TPSA) is 132 Å². The van der Waals surface area contributed by atoms with Crippen molar-refractivity contribution in [1.29, 1.82) is 0 Å². The molecule has 0 spiro atoms. The molecule has 2 amide bonds. The van der Waals surface area contributed by atoms with Crippen molar-refractivity contribution in [2.45, 2.75) is 24.2 Å². The van der Waals surface area contributed by atoms with Crippen molar-refractivity contribution in [2.75, 3.05) is 59.5 Å². The van der Waals surface area contributed by atoms with E-state index in [0.29, 0.717) is 60.2 Å². The van der Waals surface area contributed by atoms with E-state index in [4.69, 9.17) is 18.9 Å². The number of hydrogen-bond acceptors (Lipinski definition) is 8. The number of carbonyl (C=O) groups excluding carboxylic acids is 2. The third-order valence-corrected chi connectivity index (χ3v) is 8.97. The lowest BCUT2D eigenvalue weighted by atomic mass is 10.1. The molecular weight excluding hydrogens is 574 g/mol. The Morgan fingerprint density at radius 1 is 0.860 bits per heavy atom. The zero-order chi connectivity index (χ0) is 30.8. The number of morpholine rings is 1. The van der Waals surface area contributed by atoms with Gasteiger partial charge >= 0.3 is 0 Å². The van der Waals surface area contributed by atoms with Crippen LogP contribution in [-0.4, -0.2) is 78.7 Å². The molecule has 0 atom stereocenters. The van der Waals surface area contributed by atoms with E-state index >= 15 is 0 Å². The first-order valence-corrected chi connectivity index (χ1v) is 15.3. The molecule has 0 aromatic heterocycles. The molecule has 1 saturated heterocycles. The fourth-order valence-corrected chi connectivity index (χ4v) is 6.21. The predicted octanol–water partition coefficient (Wildman–Crippen LogP) is 3.28. The summed E-state index contributed by atoms with van der Waals surface area (Å²) in [7, 11) is 0.933. The van der Waals surface area contributed by atoms with Gasteiger partial charge in [0.25, 0.3) is 5.91 Å². The Bertz CT molecular complexity index is 1540. The Balaban J connectivity index is 1.37.